The largest absolute Gasteiger partial charge is 0.454 e. The van der Waals surface area contributed by atoms with Crippen LogP contribution >= 0.6 is 11.9 Å². The fourth-order valence-corrected chi connectivity index (χ4v) is 5.16. The molecule has 1 aliphatic carbocycles. The number of nitrogens with zero attached hydrogens (tertiary/aromatic N) is 3. The highest BCUT2D eigenvalue weighted by atomic mass is 32.2. The normalized spacial score (nSPS) is 14.8. The number of benzene rings is 2. The highest BCUT2D eigenvalue weighted by Crippen LogP contribution is 2.37. The molecule has 10 heteroatoms. The minimum Gasteiger partial charge on any atom is -0.454 e. The molecular formula is C28H26FN5O3S. The van der Waals surface area contributed by atoms with Crippen molar-refractivity contribution >= 4 is 23.6 Å². The third kappa shape index (κ3) is 5.60. The molecule has 0 spiro atoms. The number of fused-ring (bicyclic) bond motifs is 1. The molecule has 8 nitrogen and oxygen atoms in total. The third-order valence-electron chi connectivity index (χ3n) is 6.43. The fraction of sp³-hybridized carbons (Fsp3) is 0.250. The van der Waals surface area contributed by atoms with Gasteiger partial charge in [-0.3, -0.25) is 4.98 Å². The van der Waals surface area contributed by atoms with E-state index in [-0.39, 0.29) is 12.5 Å². The molecule has 3 heterocycles. The van der Waals surface area contributed by atoms with Crippen LogP contribution in [0.4, 0.5) is 16.0 Å². The minimum absolute atomic E-state index is 0.102. The van der Waals surface area contributed by atoms with Crippen LogP contribution in [-0.2, 0) is 0 Å². The zero-order valence-corrected chi connectivity index (χ0v) is 21.3. The Kier molecular flexibility index (Phi) is 7.12. The fourth-order valence-electron chi connectivity index (χ4n) is 4.49. The van der Waals surface area contributed by atoms with Gasteiger partial charge in [-0.15, -0.1) is 0 Å². The average molecular weight is 532 g/mol. The van der Waals surface area contributed by atoms with E-state index in [2.05, 4.69) is 25.0 Å². The van der Waals surface area contributed by atoms with Crippen molar-refractivity contribution in [1.82, 2.24) is 15.0 Å². The topological polar surface area (TPSA) is 90.4 Å². The van der Waals surface area contributed by atoms with Crippen LogP contribution in [0.5, 0.6) is 23.0 Å². The van der Waals surface area contributed by atoms with Gasteiger partial charge in [0.1, 0.15) is 5.75 Å². The number of nitrogens with one attached hydrogen (secondary N) is 2. The quantitative estimate of drug-likeness (QED) is 0.232. The molecule has 1 saturated carbocycles. The molecule has 2 aromatic carbocycles. The number of aromatic nitrogens is 3. The van der Waals surface area contributed by atoms with Crippen LogP contribution in [-0.4, -0.2) is 27.8 Å². The van der Waals surface area contributed by atoms with Gasteiger partial charge in [0.15, 0.2) is 23.1 Å². The Labute approximate surface area is 224 Å². The van der Waals surface area contributed by atoms with E-state index >= 15 is 4.39 Å². The highest BCUT2D eigenvalue weighted by Gasteiger charge is 2.17. The van der Waals surface area contributed by atoms with Crippen LogP contribution in [0.2, 0.25) is 0 Å². The number of hydrogen-bond donors (Lipinski definition) is 2. The van der Waals surface area contributed by atoms with Gasteiger partial charge in [-0.1, -0.05) is 19.3 Å². The number of anilines is 2. The first-order chi connectivity index (χ1) is 18.7. The van der Waals surface area contributed by atoms with Crippen molar-refractivity contribution in [3.05, 3.63) is 72.9 Å². The van der Waals surface area contributed by atoms with Crippen LogP contribution < -0.4 is 24.2 Å². The first-order valence-electron chi connectivity index (χ1n) is 12.6. The summed E-state index contributed by atoms with van der Waals surface area (Å²) in [7, 11) is 0. The van der Waals surface area contributed by atoms with Gasteiger partial charge < -0.3 is 24.2 Å². The van der Waals surface area contributed by atoms with Crippen LogP contribution in [0.25, 0.3) is 11.3 Å². The van der Waals surface area contributed by atoms with Crippen molar-refractivity contribution in [1.29, 1.82) is 0 Å². The molecule has 4 aromatic rings. The molecule has 1 fully saturated rings. The number of ether oxygens (including phenoxy) is 3. The van der Waals surface area contributed by atoms with Crippen LogP contribution in [0.3, 0.4) is 0 Å². The van der Waals surface area contributed by atoms with E-state index in [1.54, 1.807) is 42.9 Å². The molecule has 0 saturated heterocycles. The van der Waals surface area contributed by atoms with Crippen LogP contribution in [0.15, 0.2) is 72.0 Å². The lowest BCUT2D eigenvalue weighted by molar-refractivity contribution is 0.174. The maximum absolute atomic E-state index is 15.0. The van der Waals surface area contributed by atoms with Gasteiger partial charge in [0.05, 0.1) is 11.3 Å². The second-order valence-electron chi connectivity index (χ2n) is 9.08. The van der Waals surface area contributed by atoms with Crippen molar-refractivity contribution in [3.8, 4) is 34.3 Å². The maximum atomic E-state index is 15.0. The zero-order valence-electron chi connectivity index (χ0n) is 20.5. The summed E-state index contributed by atoms with van der Waals surface area (Å²) in [5.74, 6) is 2.05. The Morgan fingerprint density at radius 1 is 0.921 bits per heavy atom. The molecule has 0 bridgehead atoms. The van der Waals surface area contributed by atoms with E-state index in [0.29, 0.717) is 40.4 Å². The highest BCUT2D eigenvalue weighted by molar-refractivity contribution is 8.00. The SMILES string of the molecule is Fc1cc(NSc2ccc3c(c2)OCO3)ccc1Oc1ccncc1-c1ccnc(NC2CCCCC2)n1. The number of rotatable bonds is 8. The second kappa shape index (κ2) is 11.1. The summed E-state index contributed by atoms with van der Waals surface area (Å²) in [6.07, 6.45) is 10.9. The number of halogens is 1. The van der Waals surface area contributed by atoms with Crippen molar-refractivity contribution in [2.45, 2.75) is 43.0 Å². The van der Waals surface area contributed by atoms with Crippen molar-refractivity contribution < 1.29 is 18.6 Å². The van der Waals surface area contributed by atoms with E-state index in [0.717, 1.165) is 23.5 Å². The first kappa shape index (κ1) is 24.3. The predicted octanol–water partition coefficient (Wildman–Crippen LogP) is 7.06. The lowest BCUT2D eigenvalue weighted by Gasteiger charge is -2.22. The summed E-state index contributed by atoms with van der Waals surface area (Å²) in [4.78, 5) is 14.2. The van der Waals surface area contributed by atoms with Gasteiger partial charge in [-0.05, 0) is 67.3 Å². The molecule has 0 amide bonds. The Hall–Kier alpha value is -4.05. The minimum atomic E-state index is -0.494. The van der Waals surface area contributed by atoms with Crippen LogP contribution in [0, 0.1) is 5.82 Å². The standard InChI is InChI=1S/C28H26FN5O3S/c29-22-14-19(34-38-20-7-9-26-27(15-20)36-17-35-26)6-8-25(22)37-24-11-12-30-16-21(24)23-10-13-31-28(33-23)32-18-4-2-1-3-5-18/h6-16,18,34H,1-5,17H2,(H,31,32,33). The summed E-state index contributed by atoms with van der Waals surface area (Å²) in [5.41, 5.74) is 1.91. The molecule has 0 radical (unpaired) electrons. The molecular weight excluding hydrogens is 505 g/mol. The Morgan fingerprint density at radius 3 is 2.71 bits per heavy atom. The molecule has 194 valence electrons. The van der Waals surface area contributed by atoms with Crippen molar-refractivity contribution in [2.75, 3.05) is 16.8 Å². The van der Waals surface area contributed by atoms with E-state index in [1.807, 2.05) is 18.2 Å². The third-order valence-corrected chi connectivity index (χ3v) is 7.26. The van der Waals surface area contributed by atoms with E-state index in [1.165, 1.54) is 37.3 Å². The monoisotopic (exact) mass is 531 g/mol. The van der Waals surface area contributed by atoms with Crippen molar-refractivity contribution in [3.63, 3.8) is 0 Å². The summed E-state index contributed by atoms with van der Waals surface area (Å²) >= 11 is 1.35. The second-order valence-corrected chi connectivity index (χ2v) is 9.96. The predicted molar refractivity (Wildman–Crippen MR) is 144 cm³/mol. The molecule has 0 atom stereocenters. The Morgan fingerprint density at radius 2 is 1.82 bits per heavy atom. The first-order valence-corrected chi connectivity index (χ1v) is 13.4. The molecule has 2 aromatic heterocycles. The van der Waals surface area contributed by atoms with Gasteiger partial charge in [0, 0.05) is 41.3 Å². The van der Waals surface area contributed by atoms with E-state index < -0.39 is 5.82 Å². The lowest BCUT2D eigenvalue weighted by atomic mass is 9.96. The van der Waals surface area contributed by atoms with E-state index in [4.69, 9.17) is 14.2 Å². The van der Waals surface area contributed by atoms with Gasteiger partial charge in [-0.2, -0.15) is 0 Å². The molecule has 6 rings (SSSR count). The van der Waals surface area contributed by atoms with E-state index in [9.17, 15) is 0 Å². The summed E-state index contributed by atoms with van der Waals surface area (Å²) in [6.45, 7) is 0.221. The average Bonchev–Trinajstić information content (AvgIpc) is 3.42. The Bertz CT molecular complexity index is 1430. The van der Waals surface area contributed by atoms with Crippen LogP contribution in [0.1, 0.15) is 32.1 Å². The lowest BCUT2D eigenvalue weighted by Crippen LogP contribution is -2.23. The van der Waals surface area contributed by atoms with Gasteiger partial charge in [0.25, 0.3) is 0 Å². The molecule has 38 heavy (non-hydrogen) atoms. The molecule has 2 N–H and O–H groups in total. The van der Waals surface area contributed by atoms with Gasteiger partial charge in [-0.25, -0.2) is 14.4 Å². The van der Waals surface area contributed by atoms with Gasteiger partial charge in [0.2, 0.25) is 12.7 Å². The van der Waals surface area contributed by atoms with Crippen molar-refractivity contribution in [2.24, 2.45) is 0 Å². The zero-order chi connectivity index (χ0) is 25.7. The molecule has 0 unspecified atom stereocenters. The summed E-state index contributed by atoms with van der Waals surface area (Å²) in [5, 5.41) is 3.45. The van der Waals surface area contributed by atoms with Gasteiger partial charge >= 0.3 is 0 Å². The molecule has 2 aliphatic rings. The smallest absolute Gasteiger partial charge is 0.231 e. The summed E-state index contributed by atoms with van der Waals surface area (Å²) < 4.78 is 34.9. The Balaban J connectivity index is 1.15. The molecule has 1 aliphatic heterocycles. The maximum Gasteiger partial charge on any atom is 0.231 e. The number of pyridine rings is 1. The number of hydrogen-bond acceptors (Lipinski definition) is 9. The summed E-state index contributed by atoms with van der Waals surface area (Å²) in [6, 6.07) is 14.3.